The van der Waals surface area contributed by atoms with E-state index in [2.05, 4.69) is 5.32 Å². The first-order valence-electron chi connectivity index (χ1n) is 9.12. The van der Waals surface area contributed by atoms with E-state index in [4.69, 9.17) is 0 Å². The van der Waals surface area contributed by atoms with Crippen LogP contribution in [0.2, 0.25) is 0 Å². The van der Waals surface area contributed by atoms with Gasteiger partial charge in [-0.15, -0.1) is 0 Å². The van der Waals surface area contributed by atoms with Crippen molar-refractivity contribution in [3.05, 3.63) is 69.5 Å². The molecular formula is C20H20FN3O3. The monoisotopic (exact) mass is 369 g/mol. The number of nitro groups is 1. The lowest BCUT2D eigenvalue weighted by Crippen LogP contribution is -2.33. The maximum Gasteiger partial charge on any atom is 0.293 e. The van der Waals surface area contributed by atoms with Crippen LogP contribution in [0.5, 0.6) is 0 Å². The number of nitrogens with zero attached hydrogens (tertiary/aromatic N) is 2. The van der Waals surface area contributed by atoms with E-state index in [-0.39, 0.29) is 41.6 Å². The Morgan fingerprint density at radius 1 is 1.19 bits per heavy atom. The maximum atomic E-state index is 14.0. The molecule has 4 rings (SSSR count). The molecule has 2 aliphatic carbocycles. The Balaban J connectivity index is 1.60. The van der Waals surface area contributed by atoms with Crippen LogP contribution >= 0.6 is 0 Å². The maximum absolute atomic E-state index is 14.0. The van der Waals surface area contributed by atoms with E-state index in [0.29, 0.717) is 11.3 Å². The summed E-state index contributed by atoms with van der Waals surface area (Å²) in [4.78, 5) is 25.6. The van der Waals surface area contributed by atoms with E-state index in [9.17, 15) is 19.3 Å². The van der Waals surface area contributed by atoms with Crippen molar-refractivity contribution < 1.29 is 14.1 Å². The van der Waals surface area contributed by atoms with Gasteiger partial charge < -0.3 is 10.2 Å². The lowest BCUT2D eigenvalue weighted by atomic mass is 10.1. The van der Waals surface area contributed by atoms with Gasteiger partial charge in [-0.2, -0.15) is 0 Å². The third kappa shape index (κ3) is 3.92. The quantitative estimate of drug-likeness (QED) is 0.589. The molecule has 6 nitrogen and oxygen atoms in total. The molecule has 0 atom stereocenters. The summed E-state index contributed by atoms with van der Waals surface area (Å²) in [7, 11) is 0. The largest absolute Gasteiger partial charge is 0.377 e. The fraction of sp³-hybridized carbons (Fsp3) is 0.350. The first kappa shape index (κ1) is 17.5. The van der Waals surface area contributed by atoms with Gasteiger partial charge in [0.15, 0.2) is 0 Å². The van der Waals surface area contributed by atoms with Gasteiger partial charge in [0.25, 0.3) is 11.6 Å². The van der Waals surface area contributed by atoms with Crippen LogP contribution in [0.3, 0.4) is 0 Å². The van der Waals surface area contributed by atoms with Crippen LogP contribution in [-0.4, -0.2) is 27.8 Å². The summed E-state index contributed by atoms with van der Waals surface area (Å²) in [6, 6.07) is 11.2. The Morgan fingerprint density at radius 2 is 1.93 bits per heavy atom. The van der Waals surface area contributed by atoms with Gasteiger partial charge in [0.1, 0.15) is 11.5 Å². The van der Waals surface area contributed by atoms with E-state index < -0.39 is 4.92 Å². The lowest BCUT2D eigenvalue weighted by Gasteiger charge is -2.23. The molecule has 2 fully saturated rings. The molecule has 1 amide bonds. The van der Waals surface area contributed by atoms with Crippen LogP contribution in [0.15, 0.2) is 42.5 Å². The van der Waals surface area contributed by atoms with Gasteiger partial charge in [-0.1, -0.05) is 18.2 Å². The number of anilines is 1. The van der Waals surface area contributed by atoms with E-state index in [1.165, 1.54) is 12.1 Å². The van der Waals surface area contributed by atoms with Crippen molar-refractivity contribution >= 4 is 17.3 Å². The summed E-state index contributed by atoms with van der Waals surface area (Å²) in [5.74, 6) is -0.660. The molecule has 0 unspecified atom stereocenters. The minimum absolute atomic E-state index is 0.0560. The number of nitrogens with one attached hydrogen (secondary N) is 1. The molecule has 0 heterocycles. The standard InChI is InChI=1S/C20H20FN3O3/c21-17-4-2-1-3-14(17)12-23(16-8-9-16)20(25)13-5-10-18(22-15-6-7-15)19(11-13)24(26)27/h1-5,10-11,15-16,22H,6-9,12H2. The number of carbonyl (C=O) groups excluding carboxylic acids is 1. The number of benzene rings is 2. The third-order valence-electron chi connectivity index (χ3n) is 4.93. The van der Waals surface area contributed by atoms with E-state index in [1.54, 1.807) is 35.2 Å². The Kier molecular flexibility index (Phi) is 4.51. The number of rotatable bonds is 7. The zero-order valence-electron chi connectivity index (χ0n) is 14.7. The number of halogens is 1. The molecule has 140 valence electrons. The van der Waals surface area contributed by atoms with Crippen molar-refractivity contribution in [3.63, 3.8) is 0 Å². The molecule has 7 heteroatoms. The third-order valence-corrected chi connectivity index (χ3v) is 4.93. The highest BCUT2D eigenvalue weighted by molar-refractivity contribution is 5.96. The minimum Gasteiger partial charge on any atom is -0.377 e. The molecule has 0 aliphatic heterocycles. The van der Waals surface area contributed by atoms with E-state index >= 15 is 0 Å². The van der Waals surface area contributed by atoms with Crippen LogP contribution in [0.25, 0.3) is 0 Å². The highest BCUT2D eigenvalue weighted by Crippen LogP contribution is 2.34. The second kappa shape index (κ2) is 6.98. The summed E-state index contributed by atoms with van der Waals surface area (Å²) in [6.45, 7) is 0.159. The molecule has 27 heavy (non-hydrogen) atoms. The first-order chi connectivity index (χ1) is 13.0. The average Bonchev–Trinajstić information content (AvgIpc) is 3.55. The van der Waals surface area contributed by atoms with Gasteiger partial charge in [-0.3, -0.25) is 14.9 Å². The number of hydrogen-bond acceptors (Lipinski definition) is 4. The summed E-state index contributed by atoms with van der Waals surface area (Å²) < 4.78 is 14.0. The summed E-state index contributed by atoms with van der Waals surface area (Å²) >= 11 is 0. The molecule has 0 aromatic heterocycles. The van der Waals surface area contributed by atoms with Gasteiger partial charge in [-0.25, -0.2) is 4.39 Å². The fourth-order valence-electron chi connectivity index (χ4n) is 3.11. The number of amides is 1. The Bertz CT molecular complexity index is 894. The molecule has 0 radical (unpaired) electrons. The Hall–Kier alpha value is -2.96. The molecule has 1 N–H and O–H groups in total. The van der Waals surface area contributed by atoms with Crippen molar-refractivity contribution in [3.8, 4) is 0 Å². The van der Waals surface area contributed by atoms with E-state index in [1.807, 2.05) is 0 Å². The highest BCUT2D eigenvalue weighted by atomic mass is 19.1. The van der Waals surface area contributed by atoms with Gasteiger partial charge >= 0.3 is 0 Å². The molecule has 0 spiro atoms. The Labute approximate surface area is 156 Å². The molecule has 0 saturated heterocycles. The van der Waals surface area contributed by atoms with E-state index in [0.717, 1.165) is 25.7 Å². The molecular weight excluding hydrogens is 349 g/mol. The van der Waals surface area contributed by atoms with Crippen molar-refractivity contribution in [2.75, 3.05) is 5.32 Å². The predicted octanol–water partition coefficient (Wildman–Crippen LogP) is 4.11. The second-order valence-corrected chi connectivity index (χ2v) is 7.16. The zero-order valence-corrected chi connectivity index (χ0v) is 14.7. The Morgan fingerprint density at radius 3 is 2.56 bits per heavy atom. The van der Waals surface area contributed by atoms with Crippen LogP contribution in [0, 0.1) is 15.9 Å². The zero-order chi connectivity index (χ0) is 19.0. The van der Waals surface area contributed by atoms with Crippen molar-refractivity contribution in [2.24, 2.45) is 0 Å². The second-order valence-electron chi connectivity index (χ2n) is 7.16. The van der Waals surface area contributed by atoms with Gasteiger partial charge in [0.2, 0.25) is 0 Å². The number of nitro benzene ring substituents is 1. The van der Waals surface area contributed by atoms with Crippen LogP contribution in [0.1, 0.15) is 41.6 Å². The van der Waals surface area contributed by atoms with Gasteiger partial charge in [0.05, 0.1) is 4.92 Å². The minimum atomic E-state index is -0.472. The molecule has 0 bridgehead atoms. The number of carbonyl (C=O) groups is 1. The van der Waals surface area contributed by atoms with Crippen LogP contribution < -0.4 is 5.32 Å². The normalized spacial score (nSPS) is 16.0. The highest BCUT2D eigenvalue weighted by Gasteiger charge is 2.34. The van der Waals surface area contributed by atoms with Gasteiger partial charge in [0, 0.05) is 35.8 Å². The van der Waals surface area contributed by atoms with Crippen molar-refractivity contribution in [1.29, 1.82) is 0 Å². The summed E-state index contributed by atoms with van der Waals surface area (Å²) in [5, 5.41) is 14.6. The van der Waals surface area contributed by atoms with Crippen LogP contribution in [-0.2, 0) is 6.54 Å². The lowest BCUT2D eigenvalue weighted by molar-refractivity contribution is -0.384. The average molecular weight is 369 g/mol. The smallest absolute Gasteiger partial charge is 0.293 e. The van der Waals surface area contributed by atoms with Crippen molar-refractivity contribution in [1.82, 2.24) is 4.90 Å². The predicted molar refractivity (Wildman–Crippen MR) is 99.0 cm³/mol. The molecule has 2 saturated carbocycles. The first-order valence-corrected chi connectivity index (χ1v) is 9.12. The molecule has 2 aromatic rings. The fourth-order valence-corrected chi connectivity index (χ4v) is 3.11. The summed E-state index contributed by atoms with van der Waals surface area (Å²) in [6.07, 6.45) is 3.72. The van der Waals surface area contributed by atoms with Crippen molar-refractivity contribution in [2.45, 2.75) is 44.3 Å². The topological polar surface area (TPSA) is 75.5 Å². The number of hydrogen-bond donors (Lipinski definition) is 1. The molecule has 2 aromatic carbocycles. The van der Waals surface area contributed by atoms with Crippen LogP contribution in [0.4, 0.5) is 15.8 Å². The summed E-state index contributed by atoms with van der Waals surface area (Å²) in [5.41, 5.74) is 1.03. The SMILES string of the molecule is O=C(c1ccc(NC2CC2)c([N+](=O)[O-])c1)N(Cc1ccccc1F)C1CC1. The molecule has 2 aliphatic rings. The van der Waals surface area contributed by atoms with Gasteiger partial charge in [-0.05, 0) is 43.9 Å².